The smallest absolute Gasteiger partial charge is 0.266 e. The van der Waals surface area contributed by atoms with Crippen LogP contribution in [0.4, 0.5) is 8.78 Å². The van der Waals surface area contributed by atoms with Gasteiger partial charge >= 0.3 is 0 Å². The van der Waals surface area contributed by atoms with E-state index in [-0.39, 0.29) is 5.69 Å². The van der Waals surface area contributed by atoms with E-state index in [0.29, 0.717) is 11.4 Å². The topological polar surface area (TPSA) is 98.8 Å². The zero-order chi connectivity index (χ0) is 17.8. The molecule has 0 aliphatic carbocycles. The lowest BCUT2D eigenvalue weighted by molar-refractivity contribution is -0.0292. The number of halogens is 2. The van der Waals surface area contributed by atoms with Gasteiger partial charge in [0.25, 0.3) is 6.43 Å². The van der Waals surface area contributed by atoms with Crippen LogP contribution in [0.5, 0.6) is 5.75 Å². The molecule has 1 N–H and O–H groups in total. The van der Waals surface area contributed by atoms with Gasteiger partial charge in [0, 0.05) is 5.56 Å². The average Bonchev–Trinajstić information content (AvgIpc) is 3.16. The van der Waals surface area contributed by atoms with Gasteiger partial charge in [-0.05, 0) is 34.7 Å². The molecule has 130 valence electrons. The highest BCUT2D eigenvalue weighted by Crippen LogP contribution is 2.25. The van der Waals surface area contributed by atoms with Crippen LogP contribution in [0.25, 0.3) is 11.3 Å². The molecule has 0 saturated carbocycles. The molecule has 0 amide bonds. The van der Waals surface area contributed by atoms with Crippen molar-refractivity contribution in [2.24, 2.45) is 0 Å². The molecule has 0 saturated heterocycles. The van der Waals surface area contributed by atoms with Crippen molar-refractivity contribution < 1.29 is 18.6 Å². The molecule has 0 aliphatic rings. The van der Waals surface area contributed by atoms with Crippen LogP contribution < -0.4 is 4.74 Å². The first-order valence-corrected chi connectivity index (χ1v) is 7.25. The minimum Gasteiger partial charge on any atom is -0.497 e. The van der Waals surface area contributed by atoms with Gasteiger partial charge in [-0.3, -0.25) is 9.97 Å². The predicted molar refractivity (Wildman–Crippen MR) is 82.0 cm³/mol. The van der Waals surface area contributed by atoms with Gasteiger partial charge in [-0.25, -0.2) is 13.5 Å². The summed E-state index contributed by atoms with van der Waals surface area (Å²) in [5.41, 5.74) is 1.46. The van der Waals surface area contributed by atoms with Gasteiger partial charge in [-0.1, -0.05) is 0 Å². The van der Waals surface area contributed by atoms with Crippen molar-refractivity contribution in [3.05, 3.63) is 48.7 Å². The molecule has 8 nitrogen and oxygen atoms in total. The molecular weight excluding hydrogens is 334 g/mol. The third-order valence-electron chi connectivity index (χ3n) is 3.59. The van der Waals surface area contributed by atoms with E-state index >= 15 is 0 Å². The van der Waals surface area contributed by atoms with Crippen molar-refractivity contribution in [2.45, 2.75) is 18.6 Å². The van der Waals surface area contributed by atoms with Gasteiger partial charge in [-0.15, -0.1) is 5.10 Å². The van der Waals surface area contributed by atoms with E-state index in [1.54, 1.807) is 31.4 Å². The number of benzene rings is 1. The van der Waals surface area contributed by atoms with Crippen LogP contribution in [0.15, 0.2) is 43.0 Å². The summed E-state index contributed by atoms with van der Waals surface area (Å²) in [4.78, 5) is 8.39. The number of rotatable bonds is 6. The second-order valence-electron chi connectivity index (χ2n) is 5.11. The van der Waals surface area contributed by atoms with Crippen molar-refractivity contribution in [1.29, 1.82) is 0 Å². The molecule has 2 aromatic heterocycles. The molecule has 0 fully saturated rings. The second kappa shape index (κ2) is 7.26. The minimum atomic E-state index is -2.99. The van der Waals surface area contributed by atoms with Gasteiger partial charge in [0.15, 0.2) is 0 Å². The summed E-state index contributed by atoms with van der Waals surface area (Å²) >= 11 is 0. The van der Waals surface area contributed by atoms with Crippen LogP contribution in [-0.2, 0) is 0 Å². The summed E-state index contributed by atoms with van der Waals surface area (Å²) in [7, 11) is 1.57. The lowest BCUT2D eigenvalue weighted by atomic mass is 10.1. The second-order valence-corrected chi connectivity index (χ2v) is 5.11. The molecule has 0 radical (unpaired) electrons. The monoisotopic (exact) mass is 348 g/mol. The summed E-state index contributed by atoms with van der Waals surface area (Å²) in [5.74, 6) is 0.701. The number of tetrazole rings is 1. The molecule has 0 bridgehead atoms. The van der Waals surface area contributed by atoms with E-state index in [1.807, 2.05) is 0 Å². The average molecular weight is 348 g/mol. The maximum Gasteiger partial charge on any atom is 0.266 e. The Labute approximate surface area is 141 Å². The first kappa shape index (κ1) is 16.8. The number of aliphatic hydroxyl groups is 1. The predicted octanol–water partition coefficient (Wildman–Crippen LogP) is 1.35. The molecule has 2 heterocycles. The fourth-order valence-electron chi connectivity index (χ4n) is 2.30. The molecule has 1 aromatic carbocycles. The zero-order valence-corrected chi connectivity index (χ0v) is 13.1. The van der Waals surface area contributed by atoms with Gasteiger partial charge in [0.2, 0.25) is 0 Å². The van der Waals surface area contributed by atoms with Gasteiger partial charge in [0.1, 0.15) is 24.2 Å². The van der Waals surface area contributed by atoms with Crippen LogP contribution in [0, 0.1) is 0 Å². The van der Waals surface area contributed by atoms with Crippen LogP contribution >= 0.6 is 0 Å². The number of aliphatic hydroxyl groups excluding tert-OH is 1. The molecule has 10 heteroatoms. The molecule has 3 rings (SSSR count). The van der Waals surface area contributed by atoms with E-state index in [1.165, 1.54) is 12.4 Å². The van der Waals surface area contributed by atoms with Gasteiger partial charge in [-0.2, -0.15) is 0 Å². The third kappa shape index (κ3) is 3.58. The van der Waals surface area contributed by atoms with Crippen molar-refractivity contribution in [3.8, 4) is 17.0 Å². The third-order valence-corrected chi connectivity index (χ3v) is 3.59. The Morgan fingerprint density at radius 3 is 2.40 bits per heavy atom. The maximum atomic E-state index is 13.0. The Bertz CT molecular complexity index is 796. The molecule has 2 unspecified atom stereocenters. The highest BCUT2D eigenvalue weighted by Gasteiger charge is 2.32. The highest BCUT2D eigenvalue weighted by atomic mass is 19.3. The van der Waals surface area contributed by atoms with Crippen LogP contribution in [0.3, 0.4) is 0 Å². The molecule has 2 atom stereocenters. The van der Waals surface area contributed by atoms with Crippen molar-refractivity contribution >= 4 is 0 Å². The standard InChI is InChI=1S/C15H14F2N6O2/c1-25-10-4-2-9(3-5-10)11-6-19-12(7-18-11)13(14(24)15(16)17)23-8-20-21-22-23/h2-8,13-15,24H,1H3. The summed E-state index contributed by atoms with van der Waals surface area (Å²) in [6.45, 7) is 0. The molecule has 25 heavy (non-hydrogen) atoms. The van der Waals surface area contributed by atoms with Crippen molar-refractivity contribution in [1.82, 2.24) is 30.2 Å². The van der Waals surface area contributed by atoms with Gasteiger partial charge < -0.3 is 9.84 Å². The van der Waals surface area contributed by atoms with Crippen LogP contribution in [0.2, 0.25) is 0 Å². The highest BCUT2D eigenvalue weighted by molar-refractivity contribution is 5.59. The lowest BCUT2D eigenvalue weighted by Gasteiger charge is -2.21. The van der Waals surface area contributed by atoms with E-state index < -0.39 is 18.6 Å². The summed E-state index contributed by atoms with van der Waals surface area (Å²) in [5, 5.41) is 20.2. The van der Waals surface area contributed by atoms with E-state index in [0.717, 1.165) is 16.6 Å². The van der Waals surface area contributed by atoms with Crippen molar-refractivity contribution in [3.63, 3.8) is 0 Å². The summed E-state index contributed by atoms with van der Waals surface area (Å²) in [6, 6.07) is 5.91. The van der Waals surface area contributed by atoms with Gasteiger partial charge in [0.05, 0.1) is 30.9 Å². The number of nitrogens with zero attached hydrogens (tertiary/aromatic N) is 6. The SMILES string of the molecule is COc1ccc(-c2cnc(C(C(O)C(F)F)n3cnnn3)cn2)cc1. The molecule has 3 aromatic rings. The first-order valence-electron chi connectivity index (χ1n) is 7.25. The maximum absolute atomic E-state index is 13.0. The zero-order valence-electron chi connectivity index (χ0n) is 13.1. The number of hydrogen-bond donors (Lipinski definition) is 1. The van der Waals surface area contributed by atoms with E-state index in [4.69, 9.17) is 4.74 Å². The Hall–Kier alpha value is -3.01. The van der Waals surface area contributed by atoms with Crippen molar-refractivity contribution in [2.75, 3.05) is 7.11 Å². The fraction of sp³-hybridized carbons (Fsp3) is 0.267. The van der Waals surface area contributed by atoms with E-state index in [2.05, 4.69) is 25.5 Å². The largest absolute Gasteiger partial charge is 0.497 e. The molecular formula is C15H14F2N6O2. The van der Waals surface area contributed by atoms with Crippen LogP contribution in [-0.4, -0.2) is 54.9 Å². The quantitative estimate of drug-likeness (QED) is 0.718. The number of aromatic nitrogens is 6. The van der Waals surface area contributed by atoms with E-state index in [9.17, 15) is 13.9 Å². The summed E-state index contributed by atoms with van der Waals surface area (Å²) in [6.07, 6.45) is -1.12. The molecule has 0 aliphatic heterocycles. The van der Waals surface area contributed by atoms with Crippen LogP contribution in [0.1, 0.15) is 11.7 Å². The Kier molecular flexibility index (Phi) is 4.89. The Morgan fingerprint density at radius 1 is 1.12 bits per heavy atom. The number of ether oxygens (including phenoxy) is 1. The fourth-order valence-corrected chi connectivity index (χ4v) is 2.30. The first-order chi connectivity index (χ1) is 12.1. The Balaban J connectivity index is 1.90. The lowest BCUT2D eigenvalue weighted by Crippen LogP contribution is -2.32. The molecule has 0 spiro atoms. The Morgan fingerprint density at radius 2 is 1.88 bits per heavy atom. The summed E-state index contributed by atoms with van der Waals surface area (Å²) < 4.78 is 32.1. The number of hydrogen-bond acceptors (Lipinski definition) is 7. The minimum absolute atomic E-state index is 0.123. The number of methoxy groups -OCH3 is 1. The normalized spacial score (nSPS) is 13.6. The number of alkyl halides is 2.